The van der Waals surface area contributed by atoms with Crippen LogP contribution < -0.4 is 10.2 Å². The zero-order chi connectivity index (χ0) is 18.0. The molecule has 2 aromatic rings. The molecule has 0 aliphatic carbocycles. The fourth-order valence-corrected chi connectivity index (χ4v) is 3.04. The second-order valence-electron chi connectivity index (χ2n) is 6.25. The molecule has 0 saturated carbocycles. The number of hydrogen-bond donors (Lipinski definition) is 1. The van der Waals surface area contributed by atoms with E-state index in [2.05, 4.69) is 27.1 Å². The van der Waals surface area contributed by atoms with Crippen molar-refractivity contribution in [3.8, 4) is 0 Å². The molecule has 8 heteroatoms. The maximum Gasteiger partial charge on any atom is 0.416 e. The van der Waals surface area contributed by atoms with E-state index < -0.39 is 11.7 Å². The molecule has 25 heavy (non-hydrogen) atoms. The van der Waals surface area contributed by atoms with Gasteiger partial charge in [0.2, 0.25) is 5.95 Å². The number of benzene rings is 1. The molecule has 1 aliphatic rings. The molecule has 0 radical (unpaired) electrons. The Morgan fingerprint density at radius 1 is 1.28 bits per heavy atom. The smallest absolute Gasteiger partial charge is 0.341 e. The van der Waals surface area contributed by atoms with Crippen LogP contribution in [-0.4, -0.2) is 23.1 Å². The van der Waals surface area contributed by atoms with E-state index in [9.17, 15) is 13.2 Å². The highest BCUT2D eigenvalue weighted by Crippen LogP contribution is 2.34. The van der Waals surface area contributed by atoms with Crippen molar-refractivity contribution in [3.63, 3.8) is 0 Å². The Bertz CT molecular complexity index is 751. The molecular formula is C17H18ClF3N4. The molecule has 1 aromatic carbocycles. The molecule has 0 amide bonds. The van der Waals surface area contributed by atoms with Crippen molar-refractivity contribution in [2.24, 2.45) is 5.92 Å². The minimum absolute atomic E-state index is 0.160. The molecule has 1 N–H and O–H groups in total. The molecule has 3 rings (SSSR count). The van der Waals surface area contributed by atoms with Gasteiger partial charge in [0.1, 0.15) is 5.82 Å². The molecule has 4 nitrogen and oxygen atoms in total. The van der Waals surface area contributed by atoms with Gasteiger partial charge in [-0.1, -0.05) is 18.5 Å². The molecule has 1 aliphatic heterocycles. The first-order valence-electron chi connectivity index (χ1n) is 8.04. The summed E-state index contributed by atoms with van der Waals surface area (Å²) in [5.41, 5.74) is -0.605. The van der Waals surface area contributed by atoms with E-state index in [4.69, 9.17) is 11.6 Å². The van der Waals surface area contributed by atoms with Gasteiger partial charge in [0.05, 0.1) is 16.3 Å². The maximum absolute atomic E-state index is 12.9. The van der Waals surface area contributed by atoms with Crippen LogP contribution >= 0.6 is 11.6 Å². The van der Waals surface area contributed by atoms with Crippen molar-refractivity contribution in [3.05, 3.63) is 41.0 Å². The van der Waals surface area contributed by atoms with Gasteiger partial charge in [-0.2, -0.15) is 18.2 Å². The van der Waals surface area contributed by atoms with E-state index in [-0.39, 0.29) is 10.7 Å². The van der Waals surface area contributed by atoms with Crippen molar-refractivity contribution in [1.29, 1.82) is 0 Å². The van der Waals surface area contributed by atoms with Crippen LogP contribution in [0.4, 0.5) is 30.6 Å². The molecule has 1 fully saturated rings. The van der Waals surface area contributed by atoms with Crippen LogP contribution in [-0.2, 0) is 6.18 Å². The summed E-state index contributed by atoms with van der Waals surface area (Å²) in [6.45, 7) is 3.92. The number of hydrogen-bond acceptors (Lipinski definition) is 4. The van der Waals surface area contributed by atoms with Gasteiger partial charge in [-0.05, 0) is 43.0 Å². The summed E-state index contributed by atoms with van der Waals surface area (Å²) in [6, 6.07) is 4.76. The fourth-order valence-electron chi connectivity index (χ4n) is 2.88. The van der Waals surface area contributed by atoms with Crippen LogP contribution in [0.5, 0.6) is 0 Å². The van der Waals surface area contributed by atoms with Crippen LogP contribution in [0, 0.1) is 5.92 Å². The Labute approximate surface area is 149 Å². The molecule has 1 saturated heterocycles. The van der Waals surface area contributed by atoms with Crippen molar-refractivity contribution in [2.75, 3.05) is 23.3 Å². The Kier molecular flexibility index (Phi) is 5.03. The molecule has 134 valence electrons. The van der Waals surface area contributed by atoms with Crippen LogP contribution in [0.25, 0.3) is 0 Å². The lowest BCUT2D eigenvalue weighted by molar-refractivity contribution is -0.137. The topological polar surface area (TPSA) is 41.1 Å². The highest BCUT2D eigenvalue weighted by molar-refractivity contribution is 6.33. The van der Waals surface area contributed by atoms with Crippen molar-refractivity contribution >= 4 is 29.1 Å². The summed E-state index contributed by atoms with van der Waals surface area (Å²) < 4.78 is 38.6. The number of anilines is 3. The minimum Gasteiger partial charge on any atom is -0.341 e. The lowest BCUT2D eigenvalue weighted by Gasteiger charge is -2.31. The monoisotopic (exact) mass is 370 g/mol. The molecule has 0 spiro atoms. The summed E-state index contributed by atoms with van der Waals surface area (Å²) in [4.78, 5) is 10.8. The summed E-state index contributed by atoms with van der Waals surface area (Å²) >= 11 is 6.02. The summed E-state index contributed by atoms with van der Waals surface area (Å²) in [5, 5.41) is 3.06. The number of aromatic nitrogens is 2. The molecule has 1 atom stereocenters. The van der Waals surface area contributed by atoms with Gasteiger partial charge in [-0.15, -0.1) is 0 Å². The number of alkyl halides is 3. The summed E-state index contributed by atoms with van der Waals surface area (Å²) in [7, 11) is 0. The average Bonchev–Trinajstić information content (AvgIpc) is 2.56. The first kappa shape index (κ1) is 17.8. The number of rotatable bonds is 3. The minimum atomic E-state index is -4.43. The van der Waals surface area contributed by atoms with Gasteiger partial charge in [0.15, 0.2) is 0 Å². The lowest BCUT2D eigenvalue weighted by Crippen LogP contribution is -2.35. The second-order valence-corrected chi connectivity index (χ2v) is 6.66. The highest BCUT2D eigenvalue weighted by Gasteiger charge is 2.31. The second kappa shape index (κ2) is 7.07. The van der Waals surface area contributed by atoms with Crippen LogP contribution in [0.15, 0.2) is 30.5 Å². The predicted octanol–water partition coefficient (Wildman–Crippen LogP) is 5.13. The van der Waals surface area contributed by atoms with Gasteiger partial charge < -0.3 is 10.2 Å². The number of halogens is 4. The standard InChI is InChI=1S/C17H18ClF3N4/c1-11-3-2-8-25(10-11)16-22-7-6-15(24-16)23-14-9-12(17(19,20)21)4-5-13(14)18/h4-7,9,11H,2-3,8,10H2,1H3,(H,22,23,24). The van der Waals surface area contributed by atoms with E-state index in [0.29, 0.717) is 17.7 Å². The van der Waals surface area contributed by atoms with E-state index >= 15 is 0 Å². The van der Waals surface area contributed by atoms with Crippen molar-refractivity contribution in [1.82, 2.24) is 9.97 Å². The molecular weight excluding hydrogens is 353 g/mol. The maximum atomic E-state index is 12.9. The van der Waals surface area contributed by atoms with Crippen LogP contribution in [0.1, 0.15) is 25.3 Å². The summed E-state index contributed by atoms with van der Waals surface area (Å²) in [6.07, 6.45) is -0.594. The average molecular weight is 371 g/mol. The molecule has 0 bridgehead atoms. The zero-order valence-corrected chi connectivity index (χ0v) is 14.4. The quantitative estimate of drug-likeness (QED) is 0.813. The van der Waals surface area contributed by atoms with E-state index in [1.54, 1.807) is 12.3 Å². The third-order valence-electron chi connectivity index (χ3n) is 4.14. The van der Waals surface area contributed by atoms with Crippen LogP contribution in [0.2, 0.25) is 5.02 Å². The van der Waals surface area contributed by atoms with Crippen molar-refractivity contribution < 1.29 is 13.2 Å². The van der Waals surface area contributed by atoms with Crippen LogP contribution in [0.3, 0.4) is 0 Å². The van der Waals surface area contributed by atoms with E-state index in [1.807, 2.05) is 0 Å². The largest absolute Gasteiger partial charge is 0.416 e. The van der Waals surface area contributed by atoms with E-state index in [1.165, 1.54) is 12.5 Å². The predicted molar refractivity (Wildman–Crippen MR) is 92.4 cm³/mol. The normalized spacial score (nSPS) is 18.3. The van der Waals surface area contributed by atoms with Gasteiger partial charge in [0, 0.05) is 19.3 Å². The highest BCUT2D eigenvalue weighted by atomic mass is 35.5. The fraction of sp³-hybridized carbons (Fsp3) is 0.412. The zero-order valence-electron chi connectivity index (χ0n) is 13.6. The van der Waals surface area contributed by atoms with Gasteiger partial charge >= 0.3 is 6.18 Å². The number of nitrogens with one attached hydrogen (secondary N) is 1. The van der Waals surface area contributed by atoms with Gasteiger partial charge in [-0.25, -0.2) is 4.98 Å². The Morgan fingerprint density at radius 2 is 2.08 bits per heavy atom. The van der Waals surface area contributed by atoms with Gasteiger partial charge in [-0.3, -0.25) is 0 Å². The first-order valence-corrected chi connectivity index (χ1v) is 8.42. The van der Waals surface area contributed by atoms with Crippen molar-refractivity contribution in [2.45, 2.75) is 25.9 Å². The molecule has 1 aromatic heterocycles. The van der Waals surface area contributed by atoms with Gasteiger partial charge in [0.25, 0.3) is 0 Å². The molecule has 1 unspecified atom stereocenters. The lowest BCUT2D eigenvalue weighted by atomic mass is 10.0. The Morgan fingerprint density at radius 3 is 2.80 bits per heavy atom. The third kappa shape index (κ3) is 4.34. The Balaban J connectivity index is 1.83. The number of piperidine rings is 1. The SMILES string of the molecule is CC1CCCN(c2nccc(Nc3cc(C(F)(F)F)ccc3Cl)n2)C1. The third-order valence-corrected chi connectivity index (χ3v) is 4.47. The van der Waals surface area contributed by atoms with E-state index in [0.717, 1.165) is 31.6 Å². The molecule has 2 heterocycles. The first-order chi connectivity index (χ1) is 11.8. The summed E-state index contributed by atoms with van der Waals surface area (Å²) in [5.74, 6) is 1.54. The number of nitrogens with zero attached hydrogens (tertiary/aromatic N) is 3. The Hall–Kier alpha value is -2.02.